The van der Waals surface area contributed by atoms with Crippen molar-refractivity contribution in [2.24, 2.45) is 0 Å². The molecule has 0 saturated heterocycles. The molecule has 190 valence electrons. The van der Waals surface area contributed by atoms with Crippen molar-refractivity contribution < 1.29 is 28.4 Å². The Hall–Kier alpha value is -4.10. The Labute approximate surface area is 216 Å². The van der Waals surface area contributed by atoms with Gasteiger partial charge in [-0.2, -0.15) is 0 Å². The number of anilines is 1. The lowest BCUT2D eigenvalue weighted by molar-refractivity contribution is 0.0599. The lowest BCUT2D eigenvalue weighted by atomic mass is 9.88. The fourth-order valence-electron chi connectivity index (χ4n) is 5.28. The molecular formula is C30H29NO6. The van der Waals surface area contributed by atoms with Crippen molar-refractivity contribution in [3.05, 3.63) is 71.8 Å². The smallest absolute Gasteiger partial charge is 0.231 e. The van der Waals surface area contributed by atoms with Crippen molar-refractivity contribution >= 4 is 16.5 Å². The average molecular weight is 500 g/mol. The molecular weight excluding hydrogens is 470 g/mol. The Balaban J connectivity index is 1.60. The highest BCUT2D eigenvalue weighted by atomic mass is 16.7. The molecule has 37 heavy (non-hydrogen) atoms. The first-order valence-corrected chi connectivity index (χ1v) is 12.3. The summed E-state index contributed by atoms with van der Waals surface area (Å²) in [5.41, 5.74) is 5.03. The third-order valence-corrected chi connectivity index (χ3v) is 6.94. The van der Waals surface area contributed by atoms with E-state index in [1.54, 1.807) is 14.2 Å². The van der Waals surface area contributed by atoms with Crippen molar-refractivity contribution in [1.29, 1.82) is 0 Å². The molecule has 0 radical (unpaired) electrons. The number of ether oxygens (including phenoxy) is 6. The minimum Gasteiger partial charge on any atom is -0.493 e. The van der Waals surface area contributed by atoms with E-state index in [1.165, 1.54) is 0 Å². The van der Waals surface area contributed by atoms with Gasteiger partial charge < -0.3 is 33.3 Å². The van der Waals surface area contributed by atoms with Crippen molar-refractivity contribution in [2.45, 2.75) is 19.8 Å². The molecule has 0 spiro atoms. The van der Waals surface area contributed by atoms with Crippen LogP contribution in [0.25, 0.3) is 21.9 Å². The van der Waals surface area contributed by atoms with Gasteiger partial charge in [-0.25, -0.2) is 0 Å². The minimum absolute atomic E-state index is 0.229. The van der Waals surface area contributed by atoms with Gasteiger partial charge in [-0.3, -0.25) is 0 Å². The van der Waals surface area contributed by atoms with Crippen LogP contribution < -0.4 is 28.6 Å². The largest absolute Gasteiger partial charge is 0.493 e. The maximum Gasteiger partial charge on any atom is 0.231 e. The van der Waals surface area contributed by atoms with Gasteiger partial charge in [-0.05, 0) is 41.6 Å². The van der Waals surface area contributed by atoms with Crippen LogP contribution in [0.1, 0.15) is 24.3 Å². The van der Waals surface area contributed by atoms with Crippen LogP contribution in [0, 0.1) is 0 Å². The first-order chi connectivity index (χ1) is 18.1. The van der Waals surface area contributed by atoms with Crippen molar-refractivity contribution in [1.82, 2.24) is 0 Å². The topological polar surface area (TPSA) is 58.6 Å². The van der Waals surface area contributed by atoms with E-state index < -0.39 is 6.23 Å². The number of benzene rings is 4. The summed E-state index contributed by atoms with van der Waals surface area (Å²) in [5, 5.41) is 2.12. The van der Waals surface area contributed by atoms with Gasteiger partial charge in [-0.1, -0.05) is 42.5 Å². The molecule has 0 N–H and O–H groups in total. The molecule has 1 unspecified atom stereocenters. The van der Waals surface area contributed by atoms with Gasteiger partial charge in [0.25, 0.3) is 0 Å². The van der Waals surface area contributed by atoms with Crippen LogP contribution in [0.3, 0.4) is 0 Å². The van der Waals surface area contributed by atoms with E-state index in [0.717, 1.165) is 50.2 Å². The minimum atomic E-state index is -0.408. The molecule has 4 aromatic carbocycles. The Morgan fingerprint density at radius 2 is 1.68 bits per heavy atom. The molecule has 4 aromatic rings. The van der Waals surface area contributed by atoms with Gasteiger partial charge in [0.05, 0.1) is 25.5 Å². The Morgan fingerprint density at radius 1 is 0.892 bits per heavy atom. The van der Waals surface area contributed by atoms with Gasteiger partial charge in [0.1, 0.15) is 6.61 Å². The monoisotopic (exact) mass is 499 g/mol. The highest BCUT2D eigenvalue weighted by Crippen LogP contribution is 2.56. The molecule has 0 amide bonds. The zero-order valence-corrected chi connectivity index (χ0v) is 21.4. The van der Waals surface area contributed by atoms with Gasteiger partial charge in [0.2, 0.25) is 12.5 Å². The van der Waals surface area contributed by atoms with Gasteiger partial charge in [0.15, 0.2) is 29.2 Å². The molecule has 0 bridgehead atoms. The molecule has 0 saturated carbocycles. The second-order valence-corrected chi connectivity index (χ2v) is 8.98. The predicted octanol–water partition coefficient (Wildman–Crippen LogP) is 6.32. The molecule has 7 nitrogen and oxygen atoms in total. The van der Waals surface area contributed by atoms with Crippen LogP contribution in [-0.4, -0.2) is 34.7 Å². The predicted molar refractivity (Wildman–Crippen MR) is 142 cm³/mol. The Bertz CT molecular complexity index is 1470. The fourth-order valence-corrected chi connectivity index (χ4v) is 5.28. The Kier molecular flexibility index (Phi) is 5.93. The van der Waals surface area contributed by atoms with E-state index >= 15 is 0 Å². The number of fused-ring (bicyclic) bond motifs is 6. The summed E-state index contributed by atoms with van der Waals surface area (Å²) in [6.45, 7) is 3.13. The highest BCUT2D eigenvalue weighted by Gasteiger charge is 2.37. The highest BCUT2D eigenvalue weighted by molar-refractivity contribution is 6.05. The summed E-state index contributed by atoms with van der Waals surface area (Å²) < 4.78 is 35.8. The van der Waals surface area contributed by atoms with Crippen LogP contribution in [-0.2, 0) is 11.3 Å². The summed E-state index contributed by atoms with van der Waals surface area (Å²) in [4.78, 5) is 2.16. The molecule has 0 aliphatic carbocycles. The quantitative estimate of drug-likeness (QED) is 0.295. The maximum absolute atomic E-state index is 6.49. The molecule has 2 heterocycles. The van der Waals surface area contributed by atoms with E-state index in [1.807, 2.05) is 56.4 Å². The van der Waals surface area contributed by atoms with Crippen LogP contribution in [0.5, 0.6) is 28.7 Å². The number of hydrogen-bond donors (Lipinski definition) is 0. The van der Waals surface area contributed by atoms with Gasteiger partial charge >= 0.3 is 0 Å². The second-order valence-electron chi connectivity index (χ2n) is 8.98. The van der Waals surface area contributed by atoms with Crippen LogP contribution in [0.15, 0.2) is 60.7 Å². The van der Waals surface area contributed by atoms with Crippen molar-refractivity contribution in [2.75, 3.05) is 39.6 Å². The second kappa shape index (κ2) is 9.41. The van der Waals surface area contributed by atoms with Gasteiger partial charge in [-0.15, -0.1) is 0 Å². The summed E-state index contributed by atoms with van der Waals surface area (Å²) in [5.74, 6) is 3.26. The van der Waals surface area contributed by atoms with Crippen LogP contribution in [0.4, 0.5) is 5.69 Å². The van der Waals surface area contributed by atoms with Crippen molar-refractivity contribution in [3.63, 3.8) is 0 Å². The average Bonchev–Trinajstić information content (AvgIpc) is 3.39. The van der Waals surface area contributed by atoms with E-state index in [4.69, 9.17) is 28.4 Å². The SMILES string of the molecule is CCOC1c2c(cc(OC)c(OC)c2OCc2ccccc2)-c2ccc3cc4c(cc3c2N1C)OCO4. The first kappa shape index (κ1) is 23.3. The summed E-state index contributed by atoms with van der Waals surface area (Å²) in [6, 6.07) is 20.4. The third kappa shape index (κ3) is 3.78. The van der Waals surface area contributed by atoms with E-state index in [-0.39, 0.29) is 6.79 Å². The lowest BCUT2D eigenvalue weighted by Gasteiger charge is -2.39. The summed E-state index contributed by atoms with van der Waals surface area (Å²) in [6.07, 6.45) is -0.408. The maximum atomic E-state index is 6.49. The van der Waals surface area contributed by atoms with Crippen LogP contribution >= 0.6 is 0 Å². The molecule has 0 fully saturated rings. The molecule has 6 rings (SSSR count). The molecule has 0 aromatic heterocycles. The van der Waals surface area contributed by atoms with Crippen LogP contribution in [0.2, 0.25) is 0 Å². The summed E-state index contributed by atoms with van der Waals surface area (Å²) in [7, 11) is 5.32. The van der Waals surface area contributed by atoms with Crippen molar-refractivity contribution in [3.8, 4) is 39.9 Å². The Morgan fingerprint density at radius 3 is 2.41 bits per heavy atom. The fraction of sp³-hybridized carbons (Fsp3) is 0.267. The number of nitrogens with zero attached hydrogens (tertiary/aromatic N) is 1. The zero-order chi connectivity index (χ0) is 25.5. The molecule has 2 aliphatic heterocycles. The third-order valence-electron chi connectivity index (χ3n) is 6.94. The number of methoxy groups -OCH3 is 2. The standard InChI is InChI=1S/C30H29NO6/c1-5-34-30-26-22(15-25(32-3)28(33-4)29(26)35-16-18-9-7-6-8-10-18)20-12-11-19-13-23-24(37-17-36-23)14-21(19)27(20)31(30)2/h6-15,30H,5,16-17H2,1-4H3. The lowest BCUT2D eigenvalue weighted by Crippen LogP contribution is -2.31. The molecule has 1 atom stereocenters. The molecule has 2 aliphatic rings. The first-order valence-electron chi connectivity index (χ1n) is 12.3. The van der Waals surface area contributed by atoms with E-state index in [9.17, 15) is 0 Å². The number of rotatable bonds is 7. The van der Waals surface area contributed by atoms with E-state index in [2.05, 4.69) is 23.1 Å². The van der Waals surface area contributed by atoms with Gasteiger partial charge in [0, 0.05) is 24.6 Å². The molecule has 7 heteroatoms. The normalized spacial score (nSPS) is 15.4. The number of hydrogen-bond acceptors (Lipinski definition) is 7. The zero-order valence-electron chi connectivity index (χ0n) is 21.4. The summed E-state index contributed by atoms with van der Waals surface area (Å²) >= 11 is 0. The van der Waals surface area contributed by atoms with E-state index in [0.29, 0.717) is 30.5 Å².